The Morgan fingerprint density at radius 2 is 1.85 bits per heavy atom. The highest BCUT2D eigenvalue weighted by molar-refractivity contribution is 7.91. The summed E-state index contributed by atoms with van der Waals surface area (Å²) in [6, 6.07) is 3.54. The van der Waals surface area contributed by atoms with Gasteiger partial charge in [-0.2, -0.15) is 30.6 Å². The third-order valence-corrected chi connectivity index (χ3v) is 9.79. The van der Waals surface area contributed by atoms with E-state index in [1.54, 1.807) is 0 Å². The Bertz CT molecular complexity index is 1430. The highest BCUT2D eigenvalue weighted by Gasteiger charge is 2.58. The van der Waals surface area contributed by atoms with Crippen LogP contribution in [0.1, 0.15) is 27.7 Å². The quantitative estimate of drug-likeness (QED) is 0.117. The number of hydrogen-bond donors (Lipinski definition) is 4. The molecule has 2 atom stereocenters. The Kier molecular flexibility index (Phi) is 8.62. The van der Waals surface area contributed by atoms with Crippen LogP contribution in [0.2, 0.25) is 0 Å². The minimum absolute atomic E-state index is 0.146. The first-order chi connectivity index (χ1) is 18.4. The van der Waals surface area contributed by atoms with Gasteiger partial charge in [-0.1, -0.05) is 6.58 Å². The van der Waals surface area contributed by atoms with Crippen LogP contribution < -0.4 is 21.9 Å². The molecule has 1 saturated heterocycles. The van der Waals surface area contributed by atoms with E-state index < -0.39 is 60.3 Å². The Morgan fingerprint density at radius 1 is 1.20 bits per heavy atom. The van der Waals surface area contributed by atoms with Crippen LogP contribution in [0, 0.1) is 0 Å². The maximum atomic E-state index is 13.9. The number of benzene rings is 1. The molecular weight excluding hydrogens is 590 g/mol. The summed E-state index contributed by atoms with van der Waals surface area (Å²) in [4.78, 5) is 15.2. The molecule has 18 heteroatoms. The number of nitrogens with one attached hydrogen (secondary N) is 1. The molecule has 0 radical (unpaired) electrons. The van der Waals surface area contributed by atoms with E-state index in [0.29, 0.717) is 12.4 Å². The van der Waals surface area contributed by atoms with Crippen molar-refractivity contribution in [2.45, 2.75) is 35.1 Å². The minimum Gasteiger partial charge on any atom is -0.370 e. The molecule has 6 N–H and O–H groups in total. The molecule has 1 amide bonds. The van der Waals surface area contributed by atoms with Crippen molar-refractivity contribution in [1.82, 2.24) is 9.73 Å². The molecular formula is C22H24F6N6O4S2. The molecule has 3 rings (SSSR count). The van der Waals surface area contributed by atoms with Gasteiger partial charge in [0.15, 0.2) is 0 Å². The fraction of sp³-hybridized carbons (Fsp3) is 0.364. The zero-order chi connectivity index (χ0) is 30.3. The average Bonchev–Trinajstić information content (AvgIpc) is 3.36. The molecule has 1 aromatic carbocycles. The number of thiophene rings is 1. The molecule has 1 aromatic heterocycles. The summed E-state index contributed by atoms with van der Waals surface area (Å²) in [5.41, 5.74) is 0.386. The van der Waals surface area contributed by atoms with E-state index in [1.807, 2.05) is 5.43 Å². The number of piperazine rings is 1. The van der Waals surface area contributed by atoms with Gasteiger partial charge < -0.3 is 21.2 Å². The number of primary amides is 1. The number of sulfonamides is 1. The maximum Gasteiger partial charge on any atom is 0.428 e. The van der Waals surface area contributed by atoms with Crippen molar-refractivity contribution in [2.75, 3.05) is 24.5 Å². The van der Waals surface area contributed by atoms with E-state index in [4.69, 9.17) is 11.6 Å². The van der Waals surface area contributed by atoms with Gasteiger partial charge in [-0.3, -0.25) is 4.79 Å². The summed E-state index contributed by atoms with van der Waals surface area (Å²) in [5, 5.41) is 10.5. The van der Waals surface area contributed by atoms with Gasteiger partial charge in [-0.15, -0.1) is 11.3 Å². The summed E-state index contributed by atoms with van der Waals surface area (Å²) in [5.74, 6) is 3.90. The van der Waals surface area contributed by atoms with Gasteiger partial charge in [0, 0.05) is 36.9 Å². The zero-order valence-corrected chi connectivity index (χ0v) is 22.3. The molecule has 2 heterocycles. The molecule has 0 aliphatic carbocycles. The number of amides is 1. The number of nitrogens with zero attached hydrogens (tertiary/aromatic N) is 3. The van der Waals surface area contributed by atoms with Gasteiger partial charge in [0.25, 0.3) is 10.0 Å². The third kappa shape index (κ3) is 5.80. The topological polar surface area (TPSA) is 154 Å². The van der Waals surface area contributed by atoms with Crippen molar-refractivity contribution in [2.24, 2.45) is 16.6 Å². The van der Waals surface area contributed by atoms with E-state index >= 15 is 0 Å². The van der Waals surface area contributed by atoms with Gasteiger partial charge in [0.1, 0.15) is 10.5 Å². The van der Waals surface area contributed by atoms with Crippen molar-refractivity contribution in [3.05, 3.63) is 58.6 Å². The van der Waals surface area contributed by atoms with Crippen LogP contribution in [0.3, 0.4) is 0 Å². The summed E-state index contributed by atoms with van der Waals surface area (Å²) in [6.45, 7) is 3.83. The molecule has 10 nitrogen and oxygen atoms in total. The van der Waals surface area contributed by atoms with Crippen molar-refractivity contribution in [3.8, 4) is 0 Å². The lowest BCUT2D eigenvalue weighted by Crippen LogP contribution is -2.54. The lowest BCUT2D eigenvalue weighted by molar-refractivity contribution is -0.248. The summed E-state index contributed by atoms with van der Waals surface area (Å²) < 4.78 is 110. The predicted octanol–water partition coefficient (Wildman–Crippen LogP) is 2.52. The van der Waals surface area contributed by atoms with Gasteiger partial charge in [-0.25, -0.2) is 19.3 Å². The highest BCUT2D eigenvalue weighted by Crippen LogP contribution is 2.47. The number of aliphatic imine (C=N–C) groups is 1. The van der Waals surface area contributed by atoms with Gasteiger partial charge in [-0.05, 0) is 37.3 Å². The number of aliphatic hydroxyl groups is 1. The number of alkyl halides is 6. The Labute approximate surface area is 228 Å². The summed E-state index contributed by atoms with van der Waals surface area (Å²) >= 11 is 0.146. The van der Waals surface area contributed by atoms with Crippen LogP contribution in [0.25, 0.3) is 0 Å². The third-order valence-electron chi connectivity index (χ3n) is 6.12. The number of rotatable bonds is 8. The zero-order valence-electron chi connectivity index (χ0n) is 20.6. The van der Waals surface area contributed by atoms with Gasteiger partial charge in [0.2, 0.25) is 11.5 Å². The van der Waals surface area contributed by atoms with Crippen molar-refractivity contribution >= 4 is 39.3 Å². The predicted molar refractivity (Wildman–Crippen MR) is 135 cm³/mol. The first-order valence-electron chi connectivity index (χ1n) is 11.2. The van der Waals surface area contributed by atoms with Gasteiger partial charge in [0.05, 0.1) is 16.1 Å². The Hall–Kier alpha value is -3.19. The van der Waals surface area contributed by atoms with Crippen molar-refractivity contribution in [1.29, 1.82) is 0 Å². The standard InChI is InChI=1S/C22H24F6N6O4S2/c1-12-10-33(16-4-3-14(19(29)35)9-15(16)21(23,24)25)7-8-34(12)40(37,38)18-6-5-17(39-18)20(36,22(26,27)28)13(2)31-11-32-30/h3-6,9,11-12,36H,2,7-8,10,30H2,1H3,(H2,29,35)(H,31,32)/t12-,20?/m1/s1. The Balaban J connectivity index is 1.91. The van der Waals surface area contributed by atoms with E-state index in [9.17, 15) is 44.7 Å². The lowest BCUT2D eigenvalue weighted by Gasteiger charge is -2.40. The number of halogens is 6. The molecule has 1 aliphatic rings. The van der Waals surface area contributed by atoms with Crippen LogP contribution in [0.4, 0.5) is 32.0 Å². The average molecular weight is 615 g/mol. The fourth-order valence-electron chi connectivity index (χ4n) is 4.13. The highest BCUT2D eigenvalue weighted by atomic mass is 32.2. The molecule has 0 saturated carbocycles. The molecule has 220 valence electrons. The Morgan fingerprint density at radius 3 is 2.38 bits per heavy atom. The number of nitrogens with two attached hydrogens (primary N) is 2. The number of anilines is 1. The van der Waals surface area contributed by atoms with Crippen LogP contribution in [0.15, 0.2) is 51.8 Å². The number of carbonyl (C=O) groups excluding carboxylic acids is 1. The first-order valence-corrected chi connectivity index (χ1v) is 13.5. The monoisotopic (exact) mass is 614 g/mol. The second-order valence-corrected chi connectivity index (χ2v) is 11.9. The van der Waals surface area contributed by atoms with E-state index in [0.717, 1.165) is 28.6 Å². The molecule has 1 fully saturated rings. The maximum absolute atomic E-state index is 13.9. The molecule has 2 aromatic rings. The fourth-order valence-corrected chi connectivity index (χ4v) is 7.31. The van der Waals surface area contributed by atoms with Crippen LogP contribution >= 0.6 is 11.3 Å². The van der Waals surface area contributed by atoms with Crippen LogP contribution in [0.5, 0.6) is 0 Å². The molecule has 1 aliphatic heterocycles. The molecule has 1 unspecified atom stereocenters. The summed E-state index contributed by atoms with van der Waals surface area (Å²) in [6.07, 6.45) is -9.53. The number of carbonyl (C=O) groups is 1. The normalized spacial score (nSPS) is 19.0. The van der Waals surface area contributed by atoms with Crippen molar-refractivity contribution < 1.29 is 44.7 Å². The lowest BCUT2D eigenvalue weighted by atomic mass is 9.98. The van der Waals surface area contributed by atoms with E-state index in [-0.39, 0.29) is 42.2 Å². The minimum atomic E-state index is -5.33. The molecule has 0 bridgehead atoms. The number of hydrogen-bond acceptors (Lipinski definition) is 8. The smallest absolute Gasteiger partial charge is 0.370 e. The second-order valence-electron chi connectivity index (χ2n) is 8.70. The molecule has 0 spiro atoms. The SMILES string of the molecule is C=C(N=CNN)C(O)(c1ccc(S(=O)(=O)N2CCN(c3ccc(C(N)=O)cc3C(F)(F)F)C[C@H]2C)s1)C(F)(F)F. The van der Waals surface area contributed by atoms with E-state index in [1.165, 1.54) is 11.8 Å². The largest absolute Gasteiger partial charge is 0.428 e. The van der Waals surface area contributed by atoms with Gasteiger partial charge >= 0.3 is 12.4 Å². The number of hydrazine groups is 1. The van der Waals surface area contributed by atoms with Crippen LogP contribution in [-0.4, -0.2) is 61.9 Å². The second kappa shape index (κ2) is 11.0. The van der Waals surface area contributed by atoms with Crippen molar-refractivity contribution in [3.63, 3.8) is 0 Å². The van der Waals surface area contributed by atoms with E-state index in [2.05, 4.69) is 11.6 Å². The summed E-state index contributed by atoms with van der Waals surface area (Å²) in [7, 11) is -4.44. The first kappa shape index (κ1) is 31.3. The molecule has 40 heavy (non-hydrogen) atoms. The van der Waals surface area contributed by atoms with Crippen LogP contribution in [-0.2, 0) is 21.8 Å².